The highest BCUT2D eigenvalue weighted by molar-refractivity contribution is 9.10. The standard InChI is InChI=1S/C27H33BrN4O4/c1-3-35-26(33)17-32-11-9-19(10-12-32)6-5-13-36-25-15-22-23(16-24(25)34-2)29-18-30-27(22)31-21-8-4-7-20(28)14-21/h4,7-8,14-16,18-19H,3,5-6,9-13,17H2,1-2H3,(H,29,30,31). The molecule has 1 saturated heterocycles. The molecule has 1 N–H and O–H groups in total. The van der Waals surface area contributed by atoms with Crippen LogP contribution in [-0.4, -0.2) is 60.8 Å². The molecule has 2 aromatic carbocycles. The second kappa shape index (κ2) is 12.9. The number of aromatic nitrogens is 2. The van der Waals surface area contributed by atoms with Crippen LogP contribution in [0.15, 0.2) is 47.2 Å². The zero-order valence-electron chi connectivity index (χ0n) is 20.8. The maximum absolute atomic E-state index is 11.7. The summed E-state index contributed by atoms with van der Waals surface area (Å²) >= 11 is 3.51. The number of esters is 1. The van der Waals surface area contributed by atoms with Crippen LogP contribution in [0.2, 0.25) is 0 Å². The Bertz CT molecular complexity index is 1170. The van der Waals surface area contributed by atoms with Crippen molar-refractivity contribution in [2.45, 2.75) is 32.6 Å². The molecule has 0 saturated carbocycles. The molecule has 0 unspecified atom stereocenters. The summed E-state index contributed by atoms with van der Waals surface area (Å²) in [5.41, 5.74) is 1.71. The first-order valence-electron chi connectivity index (χ1n) is 12.4. The summed E-state index contributed by atoms with van der Waals surface area (Å²) in [4.78, 5) is 22.7. The van der Waals surface area contributed by atoms with Crippen LogP contribution in [0.25, 0.3) is 10.9 Å². The first-order valence-corrected chi connectivity index (χ1v) is 13.2. The van der Waals surface area contributed by atoms with Crippen LogP contribution in [-0.2, 0) is 9.53 Å². The van der Waals surface area contributed by atoms with Gasteiger partial charge in [0.15, 0.2) is 11.5 Å². The summed E-state index contributed by atoms with van der Waals surface area (Å²) in [6, 6.07) is 11.8. The van der Waals surface area contributed by atoms with Crippen LogP contribution in [0, 0.1) is 5.92 Å². The van der Waals surface area contributed by atoms with Gasteiger partial charge in [-0.1, -0.05) is 22.0 Å². The molecular weight excluding hydrogens is 524 g/mol. The van der Waals surface area contributed by atoms with E-state index in [9.17, 15) is 4.79 Å². The summed E-state index contributed by atoms with van der Waals surface area (Å²) < 4.78 is 17.8. The van der Waals surface area contributed by atoms with Crippen LogP contribution in [0.1, 0.15) is 32.6 Å². The third-order valence-electron chi connectivity index (χ3n) is 6.39. The normalized spacial score (nSPS) is 14.5. The SMILES string of the molecule is CCOC(=O)CN1CCC(CCCOc2cc3c(Nc4cccc(Br)c4)ncnc3cc2OC)CC1. The molecule has 0 radical (unpaired) electrons. The molecule has 0 aliphatic carbocycles. The number of benzene rings is 2. The summed E-state index contributed by atoms with van der Waals surface area (Å²) in [6.45, 7) is 5.16. The van der Waals surface area contributed by atoms with E-state index in [-0.39, 0.29) is 5.97 Å². The lowest BCUT2D eigenvalue weighted by Gasteiger charge is -2.31. The third-order valence-corrected chi connectivity index (χ3v) is 6.88. The molecule has 0 bridgehead atoms. The summed E-state index contributed by atoms with van der Waals surface area (Å²) in [6.07, 6.45) is 5.79. The number of methoxy groups -OCH3 is 1. The highest BCUT2D eigenvalue weighted by Gasteiger charge is 2.21. The lowest BCUT2D eigenvalue weighted by molar-refractivity contribution is -0.144. The topological polar surface area (TPSA) is 85.8 Å². The highest BCUT2D eigenvalue weighted by atomic mass is 79.9. The number of carbonyl (C=O) groups excluding carboxylic acids is 1. The molecule has 1 fully saturated rings. The summed E-state index contributed by atoms with van der Waals surface area (Å²) in [7, 11) is 1.64. The molecule has 0 spiro atoms. The van der Waals surface area contributed by atoms with Gasteiger partial charge in [-0.25, -0.2) is 9.97 Å². The van der Waals surface area contributed by atoms with Crippen LogP contribution < -0.4 is 14.8 Å². The Morgan fingerprint density at radius 3 is 2.75 bits per heavy atom. The van der Waals surface area contributed by atoms with Crippen molar-refractivity contribution < 1.29 is 19.0 Å². The smallest absolute Gasteiger partial charge is 0.320 e. The first kappa shape index (κ1) is 26.2. The fourth-order valence-electron chi connectivity index (χ4n) is 4.52. The number of fused-ring (bicyclic) bond motifs is 1. The molecule has 192 valence electrons. The van der Waals surface area contributed by atoms with E-state index in [2.05, 4.69) is 36.1 Å². The van der Waals surface area contributed by atoms with E-state index in [4.69, 9.17) is 14.2 Å². The van der Waals surface area contributed by atoms with Crippen molar-refractivity contribution in [2.24, 2.45) is 5.92 Å². The van der Waals surface area contributed by atoms with Crippen LogP contribution in [0.4, 0.5) is 11.5 Å². The first-order chi connectivity index (χ1) is 17.6. The highest BCUT2D eigenvalue weighted by Crippen LogP contribution is 2.35. The van der Waals surface area contributed by atoms with E-state index in [1.54, 1.807) is 13.4 Å². The molecule has 3 aromatic rings. The molecule has 1 aliphatic rings. The monoisotopic (exact) mass is 556 g/mol. The van der Waals surface area contributed by atoms with Gasteiger partial charge in [0.25, 0.3) is 0 Å². The quantitative estimate of drug-likeness (QED) is 0.242. The van der Waals surface area contributed by atoms with Crippen molar-refractivity contribution in [3.05, 3.63) is 47.2 Å². The van der Waals surface area contributed by atoms with E-state index >= 15 is 0 Å². The Balaban J connectivity index is 1.33. The third kappa shape index (κ3) is 7.07. The summed E-state index contributed by atoms with van der Waals surface area (Å²) in [5, 5.41) is 4.24. The van der Waals surface area contributed by atoms with Crippen LogP contribution >= 0.6 is 15.9 Å². The minimum absolute atomic E-state index is 0.130. The van der Waals surface area contributed by atoms with Crippen molar-refractivity contribution in [1.82, 2.24) is 14.9 Å². The number of piperidine rings is 1. The molecule has 1 aliphatic heterocycles. The molecule has 0 atom stereocenters. The van der Waals surface area contributed by atoms with E-state index in [1.807, 2.05) is 43.3 Å². The van der Waals surface area contributed by atoms with Crippen molar-refractivity contribution >= 4 is 44.3 Å². The Morgan fingerprint density at radius 1 is 1.17 bits per heavy atom. The Hall–Kier alpha value is -2.91. The van der Waals surface area contributed by atoms with Gasteiger partial charge in [-0.05, 0) is 75.9 Å². The minimum atomic E-state index is -0.130. The van der Waals surface area contributed by atoms with Crippen molar-refractivity contribution in [2.75, 3.05) is 45.3 Å². The molecule has 1 aromatic heterocycles. The zero-order valence-corrected chi connectivity index (χ0v) is 22.4. The van der Waals surface area contributed by atoms with E-state index in [0.29, 0.717) is 43.0 Å². The van der Waals surface area contributed by atoms with Gasteiger partial charge in [-0.3, -0.25) is 9.69 Å². The minimum Gasteiger partial charge on any atom is -0.493 e. The fraction of sp³-hybridized carbons (Fsp3) is 0.444. The second-order valence-electron chi connectivity index (χ2n) is 8.89. The molecular formula is C27H33BrN4O4. The number of ether oxygens (including phenoxy) is 3. The van der Waals surface area contributed by atoms with E-state index < -0.39 is 0 Å². The van der Waals surface area contributed by atoms with E-state index in [0.717, 1.165) is 59.8 Å². The van der Waals surface area contributed by atoms with Crippen molar-refractivity contribution in [1.29, 1.82) is 0 Å². The van der Waals surface area contributed by atoms with E-state index in [1.165, 1.54) is 0 Å². The van der Waals surface area contributed by atoms with Gasteiger partial charge in [-0.2, -0.15) is 0 Å². The average Bonchev–Trinajstić information content (AvgIpc) is 2.87. The molecule has 0 amide bonds. The predicted molar refractivity (Wildman–Crippen MR) is 144 cm³/mol. The van der Waals surface area contributed by atoms with Gasteiger partial charge in [0.2, 0.25) is 0 Å². The maximum atomic E-state index is 11.7. The number of hydrogen-bond acceptors (Lipinski definition) is 8. The Kier molecular flexibility index (Phi) is 9.35. The van der Waals surface area contributed by atoms with Crippen molar-refractivity contribution in [3.8, 4) is 11.5 Å². The van der Waals surface area contributed by atoms with Gasteiger partial charge < -0.3 is 19.5 Å². The lowest BCUT2D eigenvalue weighted by atomic mass is 9.92. The zero-order chi connectivity index (χ0) is 25.3. The van der Waals surface area contributed by atoms with Gasteiger partial charge in [0.05, 0.1) is 32.4 Å². The van der Waals surface area contributed by atoms with Crippen LogP contribution in [0.5, 0.6) is 11.5 Å². The lowest BCUT2D eigenvalue weighted by Crippen LogP contribution is -2.38. The second-order valence-corrected chi connectivity index (χ2v) is 9.81. The average molecular weight is 557 g/mol. The number of halogens is 1. The largest absolute Gasteiger partial charge is 0.493 e. The number of nitrogens with one attached hydrogen (secondary N) is 1. The number of carbonyl (C=O) groups is 1. The van der Waals surface area contributed by atoms with Crippen LogP contribution in [0.3, 0.4) is 0 Å². The molecule has 4 rings (SSSR count). The van der Waals surface area contributed by atoms with Gasteiger partial charge in [0, 0.05) is 21.6 Å². The number of hydrogen-bond donors (Lipinski definition) is 1. The molecule has 36 heavy (non-hydrogen) atoms. The number of nitrogens with zero attached hydrogens (tertiary/aromatic N) is 3. The molecule has 8 nitrogen and oxygen atoms in total. The van der Waals surface area contributed by atoms with Gasteiger partial charge in [0.1, 0.15) is 12.1 Å². The Labute approximate surface area is 220 Å². The number of likely N-dealkylation sites (tertiary alicyclic amines) is 1. The number of rotatable bonds is 11. The summed E-state index contributed by atoms with van der Waals surface area (Å²) in [5.74, 6) is 2.57. The Morgan fingerprint density at radius 2 is 2.00 bits per heavy atom. The van der Waals surface area contributed by atoms with Gasteiger partial charge in [-0.15, -0.1) is 0 Å². The molecule has 9 heteroatoms. The predicted octanol–water partition coefficient (Wildman–Crippen LogP) is 5.58. The fourth-order valence-corrected chi connectivity index (χ4v) is 4.91. The van der Waals surface area contributed by atoms with Crippen molar-refractivity contribution in [3.63, 3.8) is 0 Å². The molecule has 2 heterocycles. The maximum Gasteiger partial charge on any atom is 0.320 e. The number of anilines is 2. The van der Waals surface area contributed by atoms with Gasteiger partial charge >= 0.3 is 5.97 Å².